The number of likely N-dealkylation sites (N-methyl/N-ethyl adjacent to an activating group) is 1. The molecule has 0 bridgehead atoms. The first-order valence-corrected chi connectivity index (χ1v) is 6.79. The smallest absolute Gasteiger partial charge is 0.0462 e. The summed E-state index contributed by atoms with van der Waals surface area (Å²) in [5.74, 6) is 0. The van der Waals surface area contributed by atoms with E-state index in [2.05, 4.69) is 18.3 Å². The van der Waals surface area contributed by atoms with Crippen molar-refractivity contribution >= 4 is 0 Å². The molecule has 1 aliphatic rings. The summed E-state index contributed by atoms with van der Waals surface area (Å²) in [7, 11) is 1.78. The molecule has 1 rings (SSSR count). The van der Waals surface area contributed by atoms with Crippen molar-refractivity contribution < 1.29 is 4.74 Å². The maximum absolute atomic E-state index is 5.14. The van der Waals surface area contributed by atoms with Crippen LogP contribution in [0.4, 0.5) is 0 Å². The van der Waals surface area contributed by atoms with E-state index in [-0.39, 0.29) is 0 Å². The van der Waals surface area contributed by atoms with Gasteiger partial charge in [0, 0.05) is 19.8 Å². The van der Waals surface area contributed by atoms with Crippen molar-refractivity contribution in [3.05, 3.63) is 11.6 Å². The van der Waals surface area contributed by atoms with Gasteiger partial charge in [0.1, 0.15) is 0 Å². The highest BCUT2D eigenvalue weighted by Gasteiger charge is 2.13. The second kappa shape index (κ2) is 8.77. The van der Waals surface area contributed by atoms with E-state index in [9.17, 15) is 0 Å². The predicted octanol–water partition coefficient (Wildman–Crippen LogP) is 3.28. The highest BCUT2D eigenvalue weighted by atomic mass is 16.5. The number of hydrogen-bond acceptors (Lipinski definition) is 2. The van der Waals surface area contributed by atoms with Crippen LogP contribution in [0.5, 0.6) is 0 Å². The Morgan fingerprint density at radius 1 is 1.38 bits per heavy atom. The van der Waals surface area contributed by atoms with Crippen LogP contribution in [0, 0.1) is 0 Å². The Morgan fingerprint density at radius 3 is 3.00 bits per heavy atom. The number of rotatable bonds is 7. The fourth-order valence-electron chi connectivity index (χ4n) is 2.45. The minimum absolute atomic E-state index is 0.596. The van der Waals surface area contributed by atoms with E-state index in [1.165, 1.54) is 38.5 Å². The molecule has 1 N–H and O–H groups in total. The Labute approximate surface area is 100 Å². The molecule has 0 aliphatic heterocycles. The second-order valence-corrected chi connectivity index (χ2v) is 4.62. The lowest BCUT2D eigenvalue weighted by Gasteiger charge is -2.21. The standard InChI is InChI=1S/C14H27NO/c1-3-15-14(11-8-12-16-2)13-9-6-4-5-7-10-13/h9,14-15H,3-8,10-12H2,1-2H3. The molecular formula is C14H27NO. The largest absolute Gasteiger partial charge is 0.385 e. The molecule has 0 heterocycles. The van der Waals surface area contributed by atoms with Crippen LogP contribution in [0.15, 0.2) is 11.6 Å². The fourth-order valence-corrected chi connectivity index (χ4v) is 2.45. The summed E-state index contributed by atoms with van der Waals surface area (Å²) >= 11 is 0. The molecule has 1 aliphatic carbocycles. The number of nitrogens with one attached hydrogen (secondary N) is 1. The molecule has 2 heteroatoms. The summed E-state index contributed by atoms with van der Waals surface area (Å²) in [5, 5.41) is 3.62. The first kappa shape index (κ1) is 13.7. The number of allylic oxidation sites excluding steroid dienone is 1. The molecule has 0 aromatic heterocycles. The van der Waals surface area contributed by atoms with Crippen molar-refractivity contribution in [1.82, 2.24) is 5.32 Å². The lowest BCUT2D eigenvalue weighted by molar-refractivity contribution is 0.190. The molecule has 1 unspecified atom stereocenters. The summed E-state index contributed by atoms with van der Waals surface area (Å²) in [5.41, 5.74) is 1.65. The van der Waals surface area contributed by atoms with E-state index < -0.39 is 0 Å². The normalized spacial score (nSPS) is 19.0. The van der Waals surface area contributed by atoms with Gasteiger partial charge < -0.3 is 10.1 Å². The van der Waals surface area contributed by atoms with Crippen molar-refractivity contribution in [1.29, 1.82) is 0 Å². The first-order valence-electron chi connectivity index (χ1n) is 6.79. The van der Waals surface area contributed by atoms with Gasteiger partial charge in [0.05, 0.1) is 0 Å². The van der Waals surface area contributed by atoms with Gasteiger partial charge in [-0.25, -0.2) is 0 Å². The summed E-state index contributed by atoms with van der Waals surface area (Å²) in [6, 6.07) is 0.596. The maximum Gasteiger partial charge on any atom is 0.0462 e. The summed E-state index contributed by atoms with van der Waals surface area (Å²) in [4.78, 5) is 0. The lowest BCUT2D eigenvalue weighted by Crippen LogP contribution is -2.31. The zero-order valence-corrected chi connectivity index (χ0v) is 10.9. The monoisotopic (exact) mass is 225 g/mol. The van der Waals surface area contributed by atoms with Crippen LogP contribution in [0.1, 0.15) is 51.9 Å². The number of ether oxygens (including phenoxy) is 1. The zero-order valence-electron chi connectivity index (χ0n) is 10.9. The molecule has 94 valence electrons. The van der Waals surface area contributed by atoms with Gasteiger partial charge in [-0.1, -0.05) is 25.0 Å². The van der Waals surface area contributed by atoms with E-state index in [0.29, 0.717) is 6.04 Å². The van der Waals surface area contributed by atoms with Crippen LogP contribution >= 0.6 is 0 Å². The highest BCUT2D eigenvalue weighted by Crippen LogP contribution is 2.22. The topological polar surface area (TPSA) is 21.3 Å². The number of hydrogen-bond donors (Lipinski definition) is 1. The molecule has 16 heavy (non-hydrogen) atoms. The Balaban J connectivity index is 2.42. The molecule has 0 saturated heterocycles. The molecular weight excluding hydrogens is 198 g/mol. The summed E-state index contributed by atoms with van der Waals surface area (Å²) in [6.07, 6.45) is 11.6. The summed E-state index contributed by atoms with van der Waals surface area (Å²) < 4.78 is 5.14. The molecule has 0 aromatic carbocycles. The van der Waals surface area contributed by atoms with Gasteiger partial charge in [0.15, 0.2) is 0 Å². The van der Waals surface area contributed by atoms with Gasteiger partial charge in [0.25, 0.3) is 0 Å². The van der Waals surface area contributed by atoms with Gasteiger partial charge in [-0.15, -0.1) is 0 Å². The Hall–Kier alpha value is -0.340. The van der Waals surface area contributed by atoms with Gasteiger partial charge in [-0.3, -0.25) is 0 Å². The molecule has 0 saturated carbocycles. The van der Waals surface area contributed by atoms with E-state index in [1.807, 2.05) is 0 Å². The molecule has 2 nitrogen and oxygen atoms in total. The van der Waals surface area contributed by atoms with E-state index >= 15 is 0 Å². The van der Waals surface area contributed by atoms with E-state index in [0.717, 1.165) is 19.6 Å². The van der Waals surface area contributed by atoms with Crippen molar-refractivity contribution in [3.63, 3.8) is 0 Å². The predicted molar refractivity (Wildman–Crippen MR) is 69.7 cm³/mol. The number of methoxy groups -OCH3 is 1. The molecule has 0 radical (unpaired) electrons. The first-order chi connectivity index (χ1) is 7.88. The van der Waals surface area contributed by atoms with Crippen molar-refractivity contribution in [2.24, 2.45) is 0 Å². The average Bonchev–Trinajstić information content (AvgIpc) is 2.57. The minimum atomic E-state index is 0.596. The van der Waals surface area contributed by atoms with Crippen LogP contribution in [0.2, 0.25) is 0 Å². The average molecular weight is 225 g/mol. The van der Waals surface area contributed by atoms with Crippen LogP contribution in [-0.2, 0) is 4.74 Å². The third-order valence-electron chi connectivity index (χ3n) is 3.32. The summed E-state index contributed by atoms with van der Waals surface area (Å²) in [6.45, 7) is 4.14. The highest BCUT2D eigenvalue weighted by molar-refractivity contribution is 5.12. The van der Waals surface area contributed by atoms with Crippen LogP contribution < -0.4 is 5.32 Å². The lowest BCUT2D eigenvalue weighted by atomic mass is 9.98. The Bertz CT molecular complexity index is 201. The van der Waals surface area contributed by atoms with E-state index in [4.69, 9.17) is 4.74 Å². The maximum atomic E-state index is 5.14. The Morgan fingerprint density at radius 2 is 2.25 bits per heavy atom. The van der Waals surface area contributed by atoms with Gasteiger partial charge >= 0.3 is 0 Å². The van der Waals surface area contributed by atoms with Crippen molar-refractivity contribution in [2.75, 3.05) is 20.3 Å². The fraction of sp³-hybridized carbons (Fsp3) is 0.857. The SMILES string of the molecule is CCNC(CCCOC)C1=CCCCCC1. The molecule has 0 fully saturated rings. The molecule has 1 atom stereocenters. The third kappa shape index (κ3) is 5.13. The molecule has 0 spiro atoms. The Kier molecular flexibility index (Phi) is 7.52. The minimum Gasteiger partial charge on any atom is -0.385 e. The van der Waals surface area contributed by atoms with Crippen LogP contribution in [0.3, 0.4) is 0 Å². The van der Waals surface area contributed by atoms with Gasteiger partial charge in [-0.2, -0.15) is 0 Å². The van der Waals surface area contributed by atoms with Crippen LogP contribution in [0.25, 0.3) is 0 Å². The van der Waals surface area contributed by atoms with Gasteiger partial charge in [-0.05, 0) is 45.1 Å². The quantitative estimate of drug-likeness (QED) is 0.530. The van der Waals surface area contributed by atoms with Crippen molar-refractivity contribution in [3.8, 4) is 0 Å². The third-order valence-corrected chi connectivity index (χ3v) is 3.32. The zero-order chi connectivity index (χ0) is 11.6. The molecule has 0 amide bonds. The second-order valence-electron chi connectivity index (χ2n) is 4.62. The van der Waals surface area contributed by atoms with Crippen molar-refractivity contribution in [2.45, 2.75) is 57.9 Å². The van der Waals surface area contributed by atoms with Gasteiger partial charge in [0.2, 0.25) is 0 Å². The van der Waals surface area contributed by atoms with E-state index in [1.54, 1.807) is 12.7 Å². The molecule has 0 aromatic rings. The van der Waals surface area contributed by atoms with Crippen LogP contribution in [-0.4, -0.2) is 26.3 Å².